The Hall–Kier alpha value is -5.87. The van der Waals surface area contributed by atoms with E-state index in [0.29, 0.717) is 22.3 Å². The van der Waals surface area contributed by atoms with E-state index in [1.807, 2.05) is 42.5 Å². The predicted octanol–water partition coefficient (Wildman–Crippen LogP) is 10.2. The molecule has 0 amide bonds. The van der Waals surface area contributed by atoms with Gasteiger partial charge in [-0.3, -0.25) is 0 Å². The summed E-state index contributed by atoms with van der Waals surface area (Å²) in [6.45, 7) is 0. The van der Waals surface area contributed by atoms with Crippen LogP contribution in [0.1, 0.15) is 15.1 Å². The van der Waals surface area contributed by atoms with E-state index >= 15 is 0 Å². The number of aromatic nitrogens is 3. The Labute approximate surface area is 262 Å². The summed E-state index contributed by atoms with van der Waals surface area (Å²) < 4.78 is 104. The van der Waals surface area contributed by atoms with Crippen molar-refractivity contribution in [3.05, 3.63) is 139 Å². The van der Waals surface area contributed by atoms with E-state index in [1.54, 1.807) is 30.3 Å². The van der Waals surface area contributed by atoms with Gasteiger partial charge in [-0.1, -0.05) is 127 Å². The lowest BCUT2D eigenvalue weighted by Crippen LogP contribution is -2.00. The lowest BCUT2D eigenvalue weighted by atomic mass is 9.95. The zero-order valence-corrected chi connectivity index (χ0v) is 22.2. The van der Waals surface area contributed by atoms with Crippen molar-refractivity contribution in [3.8, 4) is 34.2 Å². The molecule has 4 heteroatoms. The van der Waals surface area contributed by atoms with E-state index < -0.39 is 66.5 Å². The van der Waals surface area contributed by atoms with Crippen molar-refractivity contribution >= 4 is 54.3 Å². The molecule has 0 aliphatic heterocycles. The first-order chi connectivity index (χ1) is 25.9. The molecule has 0 atom stereocenters. The summed E-state index contributed by atoms with van der Waals surface area (Å²) in [4.78, 5) is 14.5. The molecule has 2 heterocycles. The van der Waals surface area contributed by atoms with Crippen LogP contribution in [-0.2, 0) is 0 Å². The molecule has 0 aliphatic rings. The van der Waals surface area contributed by atoms with Crippen molar-refractivity contribution < 1.29 is 19.5 Å². The third kappa shape index (κ3) is 3.74. The van der Waals surface area contributed by atoms with Gasteiger partial charge in [-0.25, -0.2) is 15.0 Å². The molecule has 7 aromatic carbocycles. The molecule has 0 saturated heterocycles. The summed E-state index contributed by atoms with van der Waals surface area (Å²) in [6, 6.07) is 15.7. The molecule has 9 aromatic rings. The first-order valence-corrected chi connectivity index (χ1v) is 13.5. The highest BCUT2D eigenvalue weighted by Gasteiger charge is 2.19. The first kappa shape index (κ1) is 15.4. The summed E-state index contributed by atoms with van der Waals surface area (Å²) in [7, 11) is 0. The van der Waals surface area contributed by atoms with Crippen LogP contribution in [0.15, 0.2) is 144 Å². The van der Waals surface area contributed by atoms with Crippen molar-refractivity contribution in [2.75, 3.05) is 0 Å². The summed E-state index contributed by atoms with van der Waals surface area (Å²) >= 11 is 0. The minimum absolute atomic E-state index is 0.139. The fraction of sp³-hybridized carbons (Fsp3) is 0. The summed E-state index contributed by atoms with van der Waals surface area (Å²) in [5.41, 5.74) is 2.22. The zero-order chi connectivity index (χ0) is 37.9. The molecule has 0 fully saturated rings. The molecule has 0 aliphatic carbocycles. The van der Waals surface area contributed by atoms with Gasteiger partial charge in [0.15, 0.2) is 17.5 Å². The molecular weight excluding hydrogens is 526 g/mol. The van der Waals surface area contributed by atoms with Gasteiger partial charge in [-0.05, 0) is 44.5 Å². The fourth-order valence-electron chi connectivity index (χ4n) is 5.52. The maximum absolute atomic E-state index is 9.36. The number of benzene rings is 7. The molecule has 0 spiro atoms. The minimum Gasteiger partial charge on any atom is -0.456 e. The van der Waals surface area contributed by atoms with Gasteiger partial charge in [-0.2, -0.15) is 0 Å². The van der Waals surface area contributed by atoms with Gasteiger partial charge in [0.05, 0.1) is 15.1 Å². The Kier molecular flexibility index (Phi) is 3.34. The van der Waals surface area contributed by atoms with Crippen LogP contribution < -0.4 is 0 Å². The third-order valence-electron chi connectivity index (χ3n) is 7.47. The number of nitrogens with zero attached hydrogens (tertiary/aromatic N) is 3. The van der Waals surface area contributed by atoms with Gasteiger partial charge >= 0.3 is 0 Å². The Balaban J connectivity index is 1.47. The van der Waals surface area contributed by atoms with Gasteiger partial charge in [0.2, 0.25) is 0 Å². The maximum Gasteiger partial charge on any atom is 0.164 e. The topological polar surface area (TPSA) is 51.8 Å². The van der Waals surface area contributed by atoms with Crippen LogP contribution in [0.2, 0.25) is 0 Å². The van der Waals surface area contributed by atoms with Crippen LogP contribution in [0.5, 0.6) is 0 Å². The molecule has 0 radical (unpaired) electrons. The summed E-state index contributed by atoms with van der Waals surface area (Å²) in [5.74, 6) is 0.240. The minimum atomic E-state index is -0.627. The second-order valence-electron chi connectivity index (χ2n) is 9.95. The lowest BCUT2D eigenvalue weighted by Gasteiger charge is -2.12. The first-order valence-electron chi connectivity index (χ1n) is 19.0. The normalized spacial score (nSPS) is 15.3. The molecular formula is C39H23N3O. The zero-order valence-electron chi connectivity index (χ0n) is 33.2. The largest absolute Gasteiger partial charge is 0.456 e. The molecule has 43 heavy (non-hydrogen) atoms. The van der Waals surface area contributed by atoms with Crippen LogP contribution in [0, 0.1) is 0 Å². The van der Waals surface area contributed by atoms with E-state index in [1.165, 1.54) is 0 Å². The van der Waals surface area contributed by atoms with E-state index in [4.69, 9.17) is 30.3 Å². The van der Waals surface area contributed by atoms with Crippen LogP contribution in [0.3, 0.4) is 0 Å². The average molecular weight is 561 g/mol. The second kappa shape index (κ2) is 9.33. The van der Waals surface area contributed by atoms with Crippen molar-refractivity contribution in [1.29, 1.82) is 0 Å². The van der Waals surface area contributed by atoms with E-state index in [2.05, 4.69) is 0 Å². The van der Waals surface area contributed by atoms with Crippen molar-refractivity contribution in [1.82, 2.24) is 15.0 Å². The van der Waals surface area contributed by atoms with Gasteiger partial charge in [0.25, 0.3) is 0 Å². The molecule has 9 rings (SSSR count). The highest BCUT2D eigenvalue weighted by atomic mass is 16.3. The standard InChI is InChI=1S/C39H23N3O/c1-2-11-25(12-3-1)37-40-38(42-39(41-37)33-17-9-19-35-36(33)32-14-6-7-18-34(32)43-35)31-16-8-15-27-29-21-20-24-10-4-5-13-26(24)28(29)22-23-30(27)31/h1-23H/i4D,5D,8D,10D,13D,15D,16D,20D,21D,22D,23D. The highest BCUT2D eigenvalue weighted by Crippen LogP contribution is 2.38. The van der Waals surface area contributed by atoms with E-state index in [-0.39, 0.29) is 55.4 Å². The average Bonchev–Trinajstić information content (AvgIpc) is 3.57. The van der Waals surface area contributed by atoms with Crippen LogP contribution in [0.4, 0.5) is 0 Å². The van der Waals surface area contributed by atoms with Crippen LogP contribution in [0.25, 0.3) is 88.4 Å². The number of hydrogen-bond acceptors (Lipinski definition) is 4. The number of para-hydroxylation sites is 1. The summed E-state index contributed by atoms with van der Waals surface area (Å²) in [6.07, 6.45) is 0. The molecule has 0 N–H and O–H groups in total. The predicted molar refractivity (Wildman–Crippen MR) is 176 cm³/mol. The molecule has 4 nitrogen and oxygen atoms in total. The van der Waals surface area contributed by atoms with E-state index in [9.17, 15) is 4.11 Å². The number of hydrogen-bond donors (Lipinski definition) is 0. The number of rotatable bonds is 3. The van der Waals surface area contributed by atoms with Crippen molar-refractivity contribution in [2.24, 2.45) is 0 Å². The Morgan fingerprint density at radius 1 is 0.442 bits per heavy atom. The molecule has 200 valence electrons. The maximum atomic E-state index is 9.36. The van der Waals surface area contributed by atoms with Crippen LogP contribution >= 0.6 is 0 Å². The Bertz CT molecular complexity index is 3130. The molecule has 0 unspecified atom stereocenters. The van der Waals surface area contributed by atoms with Gasteiger partial charge in [0, 0.05) is 27.5 Å². The number of fused-ring (bicyclic) bond motifs is 8. The fourth-order valence-corrected chi connectivity index (χ4v) is 5.52. The molecule has 0 saturated carbocycles. The molecule has 0 bridgehead atoms. The Morgan fingerprint density at radius 2 is 1.12 bits per heavy atom. The van der Waals surface area contributed by atoms with Crippen LogP contribution in [-0.4, -0.2) is 15.0 Å². The SMILES string of the molecule is [2H]c1c([2H])c([2H])c2c(c1[2H])c([2H])c([2H])c1c3c([2H])c([2H])c([2H])c(-c4nc(-c5ccccc5)nc(-c5cccc6oc7ccccc7c56)n4)c3c([2H])c([2H])c21. The quantitative estimate of drug-likeness (QED) is 0.202. The van der Waals surface area contributed by atoms with E-state index in [0.717, 1.165) is 10.8 Å². The van der Waals surface area contributed by atoms with Crippen molar-refractivity contribution in [3.63, 3.8) is 0 Å². The molecule has 2 aromatic heterocycles. The van der Waals surface area contributed by atoms with Crippen molar-refractivity contribution in [2.45, 2.75) is 0 Å². The Morgan fingerprint density at radius 3 is 2.05 bits per heavy atom. The number of furan rings is 1. The smallest absolute Gasteiger partial charge is 0.164 e. The second-order valence-corrected chi connectivity index (χ2v) is 9.95. The highest BCUT2D eigenvalue weighted by molar-refractivity contribution is 6.19. The lowest BCUT2D eigenvalue weighted by molar-refractivity contribution is 0.669. The van der Waals surface area contributed by atoms with Gasteiger partial charge < -0.3 is 4.42 Å². The van der Waals surface area contributed by atoms with Gasteiger partial charge in [0.1, 0.15) is 11.2 Å². The monoisotopic (exact) mass is 560 g/mol. The van der Waals surface area contributed by atoms with Gasteiger partial charge in [-0.15, -0.1) is 0 Å². The third-order valence-corrected chi connectivity index (χ3v) is 7.47. The summed E-state index contributed by atoms with van der Waals surface area (Å²) in [5, 5.41) is 0.151.